The molecule has 7 N–H and O–H groups in total. The van der Waals surface area contributed by atoms with Crippen molar-refractivity contribution in [2.24, 2.45) is 11.5 Å². The Morgan fingerprint density at radius 2 is 1.72 bits per heavy atom. The van der Waals surface area contributed by atoms with Crippen LogP contribution >= 0.6 is 0 Å². The molecule has 0 heterocycles. The summed E-state index contributed by atoms with van der Waals surface area (Å²) in [5, 5.41) is 19.0. The molecular formula is C10H21N3O5. The fourth-order valence-corrected chi connectivity index (χ4v) is 0.526. The number of carbonyl (C=O) groups excluding carboxylic acids is 1. The van der Waals surface area contributed by atoms with Gasteiger partial charge in [-0.25, -0.2) is 0 Å². The Hall–Kier alpha value is -1.67. The summed E-state index contributed by atoms with van der Waals surface area (Å²) in [6.45, 7) is 3.46. The molecule has 8 nitrogen and oxygen atoms in total. The fraction of sp³-hybridized carbons (Fsp3) is 0.700. The first-order valence-corrected chi connectivity index (χ1v) is 5.23. The van der Waals surface area contributed by atoms with Crippen LogP contribution in [0.3, 0.4) is 0 Å². The van der Waals surface area contributed by atoms with Crippen LogP contribution in [-0.4, -0.2) is 46.7 Å². The quantitative estimate of drug-likeness (QED) is 0.400. The minimum atomic E-state index is -1.17. The Morgan fingerprint density at radius 3 is 1.89 bits per heavy atom. The number of nitrogens with one attached hydrogen (secondary N) is 1. The van der Waals surface area contributed by atoms with Gasteiger partial charge >= 0.3 is 11.9 Å². The summed E-state index contributed by atoms with van der Waals surface area (Å²) in [7, 11) is 1.70. The van der Waals surface area contributed by atoms with Crippen LogP contribution < -0.4 is 16.8 Å². The number of nitrogens with two attached hydrogens (primary N) is 2. The largest absolute Gasteiger partial charge is 0.481 e. The first-order valence-electron chi connectivity index (χ1n) is 5.23. The van der Waals surface area contributed by atoms with Gasteiger partial charge in [0.2, 0.25) is 5.91 Å². The molecule has 0 bridgehead atoms. The SMILES string of the molecule is CNC(C)(C)C(N)=O.N[C@@H](CCC(=O)O)C(=O)O. The molecule has 1 atom stereocenters. The van der Waals surface area contributed by atoms with Gasteiger partial charge < -0.3 is 27.0 Å². The second-order valence-corrected chi connectivity index (χ2v) is 4.12. The van der Waals surface area contributed by atoms with E-state index in [0.29, 0.717) is 0 Å². The van der Waals surface area contributed by atoms with E-state index in [2.05, 4.69) is 5.32 Å². The van der Waals surface area contributed by atoms with Crippen molar-refractivity contribution in [2.45, 2.75) is 38.3 Å². The third kappa shape index (κ3) is 9.55. The van der Waals surface area contributed by atoms with Crippen molar-refractivity contribution in [3.8, 4) is 0 Å². The molecule has 8 heteroatoms. The molecule has 0 spiro atoms. The maximum atomic E-state index is 10.4. The molecule has 0 rings (SSSR count). The van der Waals surface area contributed by atoms with Gasteiger partial charge in [0.25, 0.3) is 0 Å². The first kappa shape index (κ1) is 18.7. The summed E-state index contributed by atoms with van der Waals surface area (Å²) in [4.78, 5) is 30.3. The average molecular weight is 263 g/mol. The summed E-state index contributed by atoms with van der Waals surface area (Å²) in [5.74, 6) is -2.53. The van der Waals surface area contributed by atoms with Crippen LogP contribution in [0, 0.1) is 0 Å². The summed E-state index contributed by atoms with van der Waals surface area (Å²) >= 11 is 0. The molecule has 1 amide bonds. The highest BCUT2D eigenvalue weighted by atomic mass is 16.4. The Balaban J connectivity index is 0. The summed E-state index contributed by atoms with van der Waals surface area (Å²) in [6.07, 6.45) is -0.224. The van der Waals surface area contributed by atoms with Crippen molar-refractivity contribution < 1.29 is 24.6 Å². The second kappa shape index (κ2) is 8.43. The van der Waals surface area contributed by atoms with Crippen LogP contribution in [0.25, 0.3) is 0 Å². The van der Waals surface area contributed by atoms with Crippen molar-refractivity contribution in [1.29, 1.82) is 0 Å². The normalized spacial score (nSPS) is 12.0. The van der Waals surface area contributed by atoms with E-state index in [4.69, 9.17) is 21.7 Å². The molecule has 0 aromatic rings. The minimum absolute atomic E-state index is 0.0231. The van der Waals surface area contributed by atoms with Crippen LogP contribution in [0.1, 0.15) is 26.7 Å². The van der Waals surface area contributed by atoms with Gasteiger partial charge in [-0.15, -0.1) is 0 Å². The molecule has 0 aromatic carbocycles. The molecule has 0 unspecified atom stereocenters. The number of aliphatic carboxylic acids is 2. The van der Waals surface area contributed by atoms with Gasteiger partial charge in [0.05, 0.1) is 5.54 Å². The smallest absolute Gasteiger partial charge is 0.320 e. The van der Waals surface area contributed by atoms with E-state index in [-0.39, 0.29) is 18.7 Å². The highest BCUT2D eigenvalue weighted by Gasteiger charge is 2.20. The molecular weight excluding hydrogens is 242 g/mol. The molecule has 18 heavy (non-hydrogen) atoms. The minimum Gasteiger partial charge on any atom is -0.481 e. The summed E-state index contributed by atoms with van der Waals surface area (Å²) in [5.41, 5.74) is 9.41. The van der Waals surface area contributed by atoms with E-state index in [9.17, 15) is 14.4 Å². The lowest BCUT2D eigenvalue weighted by atomic mass is 10.1. The van der Waals surface area contributed by atoms with Crippen molar-refractivity contribution in [2.75, 3.05) is 7.05 Å². The molecule has 0 radical (unpaired) electrons. The number of hydrogen-bond acceptors (Lipinski definition) is 5. The van der Waals surface area contributed by atoms with Crippen LogP contribution in [0.15, 0.2) is 0 Å². The average Bonchev–Trinajstić information content (AvgIpc) is 2.26. The number of carboxylic acid groups (broad SMARTS) is 2. The molecule has 106 valence electrons. The lowest BCUT2D eigenvalue weighted by Crippen LogP contribution is -2.48. The van der Waals surface area contributed by atoms with Gasteiger partial charge in [-0.05, 0) is 27.3 Å². The van der Waals surface area contributed by atoms with E-state index < -0.39 is 23.5 Å². The van der Waals surface area contributed by atoms with E-state index in [1.54, 1.807) is 20.9 Å². The maximum Gasteiger partial charge on any atom is 0.320 e. The first-order chi connectivity index (χ1) is 8.04. The van der Waals surface area contributed by atoms with Crippen molar-refractivity contribution in [3.05, 3.63) is 0 Å². The number of carboxylic acids is 2. The molecule has 0 aliphatic heterocycles. The molecule has 0 aliphatic rings. The van der Waals surface area contributed by atoms with Crippen LogP contribution in [0.2, 0.25) is 0 Å². The molecule has 0 aliphatic carbocycles. The Kier molecular flexibility index (Phi) is 8.75. The van der Waals surface area contributed by atoms with Gasteiger partial charge in [-0.2, -0.15) is 0 Å². The van der Waals surface area contributed by atoms with Gasteiger partial charge in [0, 0.05) is 6.42 Å². The topological polar surface area (TPSA) is 156 Å². The maximum absolute atomic E-state index is 10.4. The lowest BCUT2D eigenvalue weighted by molar-refractivity contribution is -0.139. The van der Waals surface area contributed by atoms with E-state index in [1.807, 2.05) is 0 Å². The number of carbonyl (C=O) groups is 3. The zero-order valence-corrected chi connectivity index (χ0v) is 10.8. The predicted octanol–water partition coefficient (Wildman–Crippen LogP) is -1.27. The van der Waals surface area contributed by atoms with E-state index >= 15 is 0 Å². The van der Waals surface area contributed by atoms with Gasteiger partial charge in [0.15, 0.2) is 0 Å². The molecule has 0 saturated heterocycles. The van der Waals surface area contributed by atoms with Gasteiger partial charge in [-0.3, -0.25) is 14.4 Å². The van der Waals surface area contributed by atoms with Crippen LogP contribution in [-0.2, 0) is 14.4 Å². The summed E-state index contributed by atoms with van der Waals surface area (Å²) in [6, 6.07) is -1.06. The number of rotatable bonds is 6. The van der Waals surface area contributed by atoms with E-state index in [0.717, 1.165) is 0 Å². The van der Waals surface area contributed by atoms with Crippen molar-refractivity contribution in [1.82, 2.24) is 5.32 Å². The third-order valence-corrected chi connectivity index (χ3v) is 2.23. The van der Waals surface area contributed by atoms with Crippen LogP contribution in [0.4, 0.5) is 0 Å². The standard InChI is InChI=1S/C5H12N2O.C5H9NO4/c1-5(2,7-3)4(6)8;6-3(5(9)10)1-2-4(7)8/h7H,1-3H3,(H2,6,8);3H,1-2,6H2,(H,7,8)(H,9,10)/t;3-/m.0/s1. The Morgan fingerprint density at radius 1 is 1.28 bits per heavy atom. The fourth-order valence-electron chi connectivity index (χ4n) is 0.526. The number of hydrogen-bond donors (Lipinski definition) is 5. The number of primary amides is 1. The number of amides is 1. The Bertz CT molecular complexity index is 304. The zero-order chi connectivity index (χ0) is 14.9. The van der Waals surface area contributed by atoms with Crippen molar-refractivity contribution >= 4 is 17.8 Å². The Labute approximate surface area is 105 Å². The predicted molar refractivity (Wildman–Crippen MR) is 64.8 cm³/mol. The van der Waals surface area contributed by atoms with Gasteiger partial charge in [0.1, 0.15) is 6.04 Å². The van der Waals surface area contributed by atoms with Crippen LogP contribution in [0.5, 0.6) is 0 Å². The molecule has 0 saturated carbocycles. The summed E-state index contributed by atoms with van der Waals surface area (Å²) < 4.78 is 0. The molecule has 0 aromatic heterocycles. The zero-order valence-electron chi connectivity index (χ0n) is 10.8. The number of likely N-dealkylation sites (N-methyl/N-ethyl adjacent to an activating group) is 1. The lowest BCUT2D eigenvalue weighted by Gasteiger charge is -2.18. The second-order valence-electron chi connectivity index (χ2n) is 4.12. The van der Waals surface area contributed by atoms with E-state index in [1.165, 1.54) is 0 Å². The van der Waals surface area contributed by atoms with Gasteiger partial charge in [-0.1, -0.05) is 0 Å². The van der Waals surface area contributed by atoms with Crippen molar-refractivity contribution in [3.63, 3.8) is 0 Å². The highest BCUT2D eigenvalue weighted by molar-refractivity contribution is 5.83. The third-order valence-electron chi connectivity index (χ3n) is 2.23. The highest BCUT2D eigenvalue weighted by Crippen LogP contribution is 1.96. The monoisotopic (exact) mass is 263 g/mol. The molecule has 0 fully saturated rings.